The number of fused-ring (bicyclic) bond motifs is 1. The van der Waals surface area contributed by atoms with Gasteiger partial charge in [0, 0.05) is 36.5 Å². The van der Waals surface area contributed by atoms with E-state index in [0.29, 0.717) is 31.5 Å². The molecule has 2 aromatic rings. The predicted molar refractivity (Wildman–Crippen MR) is 98.8 cm³/mol. The van der Waals surface area contributed by atoms with Crippen LogP contribution in [-0.2, 0) is 11.2 Å². The quantitative estimate of drug-likeness (QED) is 0.849. The lowest BCUT2D eigenvalue weighted by Gasteiger charge is -2.18. The van der Waals surface area contributed by atoms with Gasteiger partial charge in [0.25, 0.3) is 5.91 Å². The van der Waals surface area contributed by atoms with Gasteiger partial charge < -0.3 is 16.0 Å². The highest BCUT2D eigenvalue weighted by molar-refractivity contribution is 5.98. The normalized spacial score (nSPS) is 22.1. The lowest BCUT2D eigenvalue weighted by atomic mass is 10.0. The first kappa shape index (κ1) is 17.6. The molecule has 1 aromatic carbocycles. The molecule has 1 aromatic heterocycles. The smallest absolute Gasteiger partial charge is 0.253 e. The number of nitrogens with two attached hydrogens (primary N) is 1. The zero-order valence-electron chi connectivity index (χ0n) is 14.8. The van der Waals surface area contributed by atoms with Crippen LogP contribution in [0.25, 0.3) is 0 Å². The van der Waals surface area contributed by atoms with Crippen LogP contribution in [0.4, 0.5) is 10.1 Å². The molecular weight excluding hydrogens is 347 g/mol. The number of hydrogen-bond acceptors (Lipinski definition) is 4. The van der Waals surface area contributed by atoms with E-state index >= 15 is 0 Å². The van der Waals surface area contributed by atoms with E-state index in [0.717, 1.165) is 23.2 Å². The third kappa shape index (κ3) is 3.55. The number of pyridine rings is 1. The van der Waals surface area contributed by atoms with Crippen LogP contribution in [0.1, 0.15) is 40.2 Å². The largest absolute Gasteiger partial charge is 0.338 e. The second-order valence-corrected chi connectivity index (χ2v) is 7.18. The SMILES string of the molecule is NC1CCc2cc(C(=O)N3CCC(c4cncc(F)c4)C3)ccc2NC1=O. The van der Waals surface area contributed by atoms with Gasteiger partial charge in [-0.1, -0.05) is 0 Å². The first-order valence-electron chi connectivity index (χ1n) is 9.10. The summed E-state index contributed by atoms with van der Waals surface area (Å²) in [6, 6.07) is 6.29. The Morgan fingerprint density at radius 3 is 2.93 bits per heavy atom. The van der Waals surface area contributed by atoms with Gasteiger partial charge in [0.1, 0.15) is 5.82 Å². The Kier molecular flexibility index (Phi) is 4.61. The van der Waals surface area contributed by atoms with Gasteiger partial charge in [0.05, 0.1) is 12.2 Å². The van der Waals surface area contributed by atoms with Crippen LogP contribution >= 0.6 is 0 Å². The van der Waals surface area contributed by atoms with Gasteiger partial charge >= 0.3 is 0 Å². The van der Waals surface area contributed by atoms with E-state index < -0.39 is 6.04 Å². The van der Waals surface area contributed by atoms with Crippen LogP contribution in [0.2, 0.25) is 0 Å². The highest BCUT2D eigenvalue weighted by Gasteiger charge is 2.29. The number of aromatic nitrogens is 1. The van der Waals surface area contributed by atoms with E-state index in [1.54, 1.807) is 23.2 Å². The number of amides is 2. The average molecular weight is 368 g/mol. The molecule has 2 aliphatic rings. The summed E-state index contributed by atoms with van der Waals surface area (Å²) >= 11 is 0. The minimum Gasteiger partial charge on any atom is -0.338 e. The number of carbonyl (C=O) groups is 2. The molecule has 2 aliphatic heterocycles. The van der Waals surface area contributed by atoms with Gasteiger partial charge in [-0.3, -0.25) is 14.6 Å². The maximum atomic E-state index is 13.4. The first-order valence-corrected chi connectivity index (χ1v) is 9.10. The Hall–Kier alpha value is -2.80. The Morgan fingerprint density at radius 2 is 2.11 bits per heavy atom. The summed E-state index contributed by atoms with van der Waals surface area (Å²) in [7, 11) is 0. The van der Waals surface area contributed by atoms with Gasteiger partial charge in [-0.2, -0.15) is 0 Å². The molecule has 0 bridgehead atoms. The maximum absolute atomic E-state index is 13.4. The minimum absolute atomic E-state index is 0.0514. The predicted octanol–water partition coefficient (Wildman–Crippen LogP) is 2.06. The zero-order valence-corrected chi connectivity index (χ0v) is 14.8. The number of likely N-dealkylation sites (tertiary alicyclic amines) is 1. The number of rotatable bonds is 2. The molecule has 3 N–H and O–H groups in total. The lowest BCUT2D eigenvalue weighted by molar-refractivity contribution is -0.117. The summed E-state index contributed by atoms with van der Waals surface area (Å²) in [6.07, 6.45) is 4.83. The second kappa shape index (κ2) is 7.08. The molecule has 27 heavy (non-hydrogen) atoms. The molecule has 140 valence electrons. The van der Waals surface area contributed by atoms with Gasteiger partial charge in [0.15, 0.2) is 0 Å². The number of anilines is 1. The number of benzene rings is 1. The maximum Gasteiger partial charge on any atom is 0.253 e. The van der Waals surface area contributed by atoms with Crippen LogP contribution < -0.4 is 11.1 Å². The van der Waals surface area contributed by atoms with E-state index in [4.69, 9.17) is 5.73 Å². The third-order valence-corrected chi connectivity index (χ3v) is 5.34. The Morgan fingerprint density at radius 1 is 1.26 bits per heavy atom. The van der Waals surface area contributed by atoms with E-state index in [9.17, 15) is 14.0 Å². The standard InChI is InChI=1S/C20H21FN4O2/c21-16-8-15(9-23-10-16)14-5-6-25(11-14)20(27)13-2-4-18-12(7-13)1-3-17(22)19(26)24-18/h2,4,7-10,14,17H,1,3,5-6,11,22H2,(H,24,26). The molecule has 6 nitrogen and oxygen atoms in total. The van der Waals surface area contributed by atoms with Crippen LogP contribution in [0.3, 0.4) is 0 Å². The van der Waals surface area contributed by atoms with Crippen LogP contribution in [0.15, 0.2) is 36.7 Å². The number of nitrogens with zero attached hydrogens (tertiary/aromatic N) is 2. The Labute approximate surface area is 156 Å². The van der Waals surface area contributed by atoms with Crippen molar-refractivity contribution in [2.24, 2.45) is 5.73 Å². The number of aryl methyl sites for hydroxylation is 1. The highest BCUT2D eigenvalue weighted by Crippen LogP contribution is 2.29. The third-order valence-electron chi connectivity index (χ3n) is 5.34. The van der Waals surface area contributed by atoms with Crippen molar-refractivity contribution in [2.45, 2.75) is 31.2 Å². The number of hydrogen-bond donors (Lipinski definition) is 2. The van der Waals surface area contributed by atoms with Crippen LogP contribution in [-0.4, -0.2) is 40.8 Å². The van der Waals surface area contributed by atoms with Crippen molar-refractivity contribution in [3.8, 4) is 0 Å². The molecule has 0 aliphatic carbocycles. The van der Waals surface area contributed by atoms with Crippen molar-refractivity contribution in [1.82, 2.24) is 9.88 Å². The fourth-order valence-corrected chi connectivity index (χ4v) is 3.77. The van der Waals surface area contributed by atoms with Crippen molar-refractivity contribution >= 4 is 17.5 Å². The molecule has 4 rings (SSSR count). The number of halogens is 1. The summed E-state index contributed by atoms with van der Waals surface area (Å²) in [4.78, 5) is 30.5. The minimum atomic E-state index is -0.532. The topological polar surface area (TPSA) is 88.3 Å². The van der Waals surface area contributed by atoms with Crippen molar-refractivity contribution in [2.75, 3.05) is 18.4 Å². The van der Waals surface area contributed by atoms with Crippen molar-refractivity contribution in [1.29, 1.82) is 0 Å². The Bertz CT molecular complexity index is 901. The summed E-state index contributed by atoms with van der Waals surface area (Å²) in [5.41, 5.74) is 8.87. The molecule has 2 atom stereocenters. The van der Waals surface area contributed by atoms with Gasteiger partial charge in [0.2, 0.25) is 5.91 Å². The van der Waals surface area contributed by atoms with Gasteiger partial charge in [-0.15, -0.1) is 0 Å². The fourth-order valence-electron chi connectivity index (χ4n) is 3.77. The Balaban J connectivity index is 1.50. The van der Waals surface area contributed by atoms with Crippen LogP contribution in [0.5, 0.6) is 0 Å². The van der Waals surface area contributed by atoms with Crippen molar-refractivity contribution in [3.63, 3.8) is 0 Å². The summed E-state index contributed by atoms with van der Waals surface area (Å²) < 4.78 is 13.4. The summed E-state index contributed by atoms with van der Waals surface area (Å²) in [5, 5.41) is 2.81. The van der Waals surface area contributed by atoms with E-state index in [1.165, 1.54) is 12.3 Å². The molecule has 3 heterocycles. The molecule has 2 amide bonds. The highest BCUT2D eigenvalue weighted by atomic mass is 19.1. The van der Waals surface area contributed by atoms with Gasteiger partial charge in [-0.05, 0) is 54.7 Å². The van der Waals surface area contributed by atoms with E-state index in [1.807, 2.05) is 6.07 Å². The van der Waals surface area contributed by atoms with Gasteiger partial charge in [-0.25, -0.2) is 4.39 Å². The van der Waals surface area contributed by atoms with Crippen molar-refractivity contribution < 1.29 is 14.0 Å². The molecule has 7 heteroatoms. The fraction of sp³-hybridized carbons (Fsp3) is 0.350. The molecule has 0 saturated carbocycles. The van der Waals surface area contributed by atoms with E-state index in [-0.39, 0.29) is 23.5 Å². The molecule has 0 spiro atoms. The number of nitrogens with one attached hydrogen (secondary N) is 1. The molecule has 1 saturated heterocycles. The molecule has 0 radical (unpaired) electrons. The first-order chi connectivity index (χ1) is 13.0. The van der Waals surface area contributed by atoms with Crippen molar-refractivity contribution in [3.05, 3.63) is 59.2 Å². The monoisotopic (exact) mass is 368 g/mol. The summed E-state index contributed by atoms with van der Waals surface area (Å²) in [5.74, 6) is -0.512. The molecular formula is C20H21FN4O2. The average Bonchev–Trinajstić information content (AvgIpc) is 3.11. The zero-order chi connectivity index (χ0) is 19.0. The number of carbonyl (C=O) groups excluding carboxylic acids is 2. The molecule has 2 unspecified atom stereocenters. The summed E-state index contributed by atoms with van der Waals surface area (Å²) in [6.45, 7) is 1.17. The van der Waals surface area contributed by atoms with E-state index in [2.05, 4.69) is 10.3 Å². The lowest BCUT2D eigenvalue weighted by Crippen LogP contribution is -2.34. The van der Waals surface area contributed by atoms with Crippen LogP contribution in [0, 0.1) is 5.82 Å². The molecule has 1 fully saturated rings. The second-order valence-electron chi connectivity index (χ2n) is 7.18.